The zero-order valence-electron chi connectivity index (χ0n) is 11.1. The molecular weight excluding hydrogens is 260 g/mol. The Hall–Kier alpha value is -1.10. The van der Waals surface area contributed by atoms with Crippen LogP contribution in [0.5, 0.6) is 0 Å². The Labute approximate surface area is 117 Å². The largest absolute Gasteiger partial charge is 0.481 e. The van der Waals surface area contributed by atoms with Crippen molar-refractivity contribution in [1.82, 2.24) is 4.98 Å². The molecule has 0 radical (unpaired) electrons. The molecule has 3 rings (SSSR count). The van der Waals surface area contributed by atoms with Gasteiger partial charge in [-0.2, -0.15) is 0 Å². The van der Waals surface area contributed by atoms with E-state index in [1.807, 2.05) is 5.38 Å². The van der Waals surface area contributed by atoms with Crippen LogP contribution >= 0.6 is 11.3 Å². The first kappa shape index (κ1) is 12.9. The number of carbonyl (C=O) groups is 1. The van der Waals surface area contributed by atoms with E-state index in [2.05, 4.69) is 9.88 Å². The van der Waals surface area contributed by atoms with Crippen molar-refractivity contribution >= 4 is 22.4 Å². The fourth-order valence-electron chi connectivity index (χ4n) is 3.42. The van der Waals surface area contributed by atoms with Crippen molar-refractivity contribution in [3.63, 3.8) is 0 Å². The molecule has 1 aromatic heterocycles. The first-order valence-corrected chi connectivity index (χ1v) is 7.96. The fourth-order valence-corrected chi connectivity index (χ4v) is 4.31. The van der Waals surface area contributed by atoms with Gasteiger partial charge in [0, 0.05) is 24.9 Å². The molecule has 0 atom stereocenters. The minimum Gasteiger partial charge on any atom is -0.481 e. The minimum absolute atomic E-state index is 0.174. The second-order valence-electron chi connectivity index (χ2n) is 5.89. The Morgan fingerprint density at radius 3 is 2.95 bits per heavy atom. The molecule has 0 unspecified atom stereocenters. The molecule has 1 saturated carbocycles. The third-order valence-electron chi connectivity index (χ3n) is 4.51. The van der Waals surface area contributed by atoms with E-state index >= 15 is 0 Å². The van der Waals surface area contributed by atoms with Gasteiger partial charge in [-0.25, -0.2) is 4.98 Å². The maximum Gasteiger partial charge on any atom is 0.303 e. The van der Waals surface area contributed by atoms with E-state index in [0.29, 0.717) is 11.8 Å². The molecule has 104 valence electrons. The molecule has 2 fully saturated rings. The van der Waals surface area contributed by atoms with Crippen molar-refractivity contribution in [1.29, 1.82) is 0 Å². The van der Waals surface area contributed by atoms with Gasteiger partial charge in [-0.15, -0.1) is 11.3 Å². The number of carboxylic acid groups (broad SMARTS) is 1. The van der Waals surface area contributed by atoms with E-state index < -0.39 is 5.97 Å². The molecule has 5 heteroatoms. The molecule has 2 aliphatic rings. The van der Waals surface area contributed by atoms with Gasteiger partial charge in [0.15, 0.2) is 5.13 Å². The number of aromatic nitrogens is 1. The zero-order chi connectivity index (χ0) is 13.3. The summed E-state index contributed by atoms with van der Waals surface area (Å²) in [5, 5.41) is 11.8. The van der Waals surface area contributed by atoms with Crippen LogP contribution in [0, 0.1) is 5.41 Å². The lowest BCUT2D eigenvalue weighted by Gasteiger charge is -2.23. The third-order valence-corrected chi connectivity index (χ3v) is 5.46. The first-order chi connectivity index (χ1) is 9.17. The van der Waals surface area contributed by atoms with Gasteiger partial charge in [0.2, 0.25) is 0 Å². The lowest BCUT2D eigenvalue weighted by Crippen LogP contribution is -2.24. The summed E-state index contributed by atoms with van der Waals surface area (Å²) in [6.45, 7) is 2.27. The Morgan fingerprint density at radius 2 is 2.21 bits per heavy atom. The van der Waals surface area contributed by atoms with E-state index in [9.17, 15) is 4.79 Å². The van der Waals surface area contributed by atoms with Gasteiger partial charge >= 0.3 is 5.97 Å². The molecule has 2 heterocycles. The Kier molecular flexibility index (Phi) is 3.48. The van der Waals surface area contributed by atoms with Gasteiger partial charge in [0.25, 0.3) is 0 Å². The molecule has 19 heavy (non-hydrogen) atoms. The van der Waals surface area contributed by atoms with Gasteiger partial charge in [-0.05, 0) is 24.7 Å². The predicted octanol–water partition coefficient (Wildman–Crippen LogP) is 2.93. The van der Waals surface area contributed by atoms with Crippen LogP contribution in [-0.4, -0.2) is 29.1 Å². The number of nitrogens with zero attached hydrogens (tertiary/aromatic N) is 2. The smallest absolute Gasteiger partial charge is 0.303 e. The van der Waals surface area contributed by atoms with Crippen LogP contribution < -0.4 is 4.90 Å². The van der Waals surface area contributed by atoms with Crippen LogP contribution in [0.2, 0.25) is 0 Å². The van der Waals surface area contributed by atoms with Gasteiger partial charge in [0.05, 0.1) is 12.1 Å². The Bertz CT molecular complexity index is 466. The Morgan fingerprint density at radius 1 is 1.42 bits per heavy atom. The van der Waals surface area contributed by atoms with Crippen molar-refractivity contribution in [2.45, 2.75) is 44.9 Å². The summed E-state index contributed by atoms with van der Waals surface area (Å²) in [5.74, 6) is -0.749. The second kappa shape index (κ2) is 5.12. The van der Waals surface area contributed by atoms with E-state index in [-0.39, 0.29) is 6.42 Å². The number of hydrogen-bond acceptors (Lipinski definition) is 4. The van der Waals surface area contributed by atoms with Crippen molar-refractivity contribution in [2.75, 3.05) is 18.0 Å². The van der Waals surface area contributed by atoms with Crippen molar-refractivity contribution < 1.29 is 9.90 Å². The zero-order valence-corrected chi connectivity index (χ0v) is 11.9. The lowest BCUT2D eigenvalue weighted by molar-refractivity contribution is -0.136. The van der Waals surface area contributed by atoms with Gasteiger partial charge in [-0.1, -0.05) is 12.8 Å². The standard InChI is InChI=1S/C14H20N2O2S/c17-12(18)4-3-11-9-19-13(15-11)16-8-7-14(10-16)5-1-2-6-14/h9H,1-8,10H2,(H,17,18). The average Bonchev–Trinajstić information content (AvgIpc) is 3.10. The van der Waals surface area contributed by atoms with Crippen LogP contribution in [0.25, 0.3) is 0 Å². The van der Waals surface area contributed by atoms with Crippen LogP contribution in [0.1, 0.15) is 44.2 Å². The fraction of sp³-hybridized carbons (Fsp3) is 0.714. The average molecular weight is 280 g/mol. The molecule has 1 aliphatic heterocycles. The highest BCUT2D eigenvalue weighted by Gasteiger charge is 2.40. The highest BCUT2D eigenvalue weighted by Crippen LogP contribution is 2.46. The summed E-state index contributed by atoms with van der Waals surface area (Å²) in [7, 11) is 0. The highest BCUT2D eigenvalue weighted by molar-refractivity contribution is 7.13. The summed E-state index contributed by atoms with van der Waals surface area (Å²) in [4.78, 5) is 17.6. The first-order valence-electron chi connectivity index (χ1n) is 7.08. The third kappa shape index (κ3) is 2.76. The van der Waals surface area contributed by atoms with Gasteiger partial charge < -0.3 is 10.0 Å². The minimum atomic E-state index is -0.749. The van der Waals surface area contributed by atoms with Crippen molar-refractivity contribution in [3.05, 3.63) is 11.1 Å². The van der Waals surface area contributed by atoms with Crippen molar-refractivity contribution in [3.8, 4) is 0 Å². The summed E-state index contributed by atoms with van der Waals surface area (Å²) < 4.78 is 0. The van der Waals surface area contributed by atoms with Crippen LogP contribution in [0.4, 0.5) is 5.13 Å². The number of aryl methyl sites for hydroxylation is 1. The topological polar surface area (TPSA) is 53.4 Å². The molecule has 0 bridgehead atoms. The Balaban J connectivity index is 1.62. The summed E-state index contributed by atoms with van der Waals surface area (Å²) >= 11 is 1.66. The molecule has 1 saturated heterocycles. The maximum atomic E-state index is 10.6. The number of rotatable bonds is 4. The summed E-state index contributed by atoms with van der Waals surface area (Å²) in [5.41, 5.74) is 1.49. The highest BCUT2D eigenvalue weighted by atomic mass is 32.1. The normalized spacial score (nSPS) is 21.4. The van der Waals surface area contributed by atoms with Gasteiger partial charge in [0.1, 0.15) is 0 Å². The number of carboxylic acids is 1. The number of hydrogen-bond donors (Lipinski definition) is 1. The maximum absolute atomic E-state index is 10.6. The SMILES string of the molecule is O=C(O)CCc1csc(N2CCC3(CCCC3)C2)n1. The summed E-state index contributed by atoms with van der Waals surface area (Å²) in [6.07, 6.45) is 7.54. The molecule has 0 amide bonds. The monoisotopic (exact) mass is 280 g/mol. The second-order valence-corrected chi connectivity index (χ2v) is 6.73. The van der Waals surface area contributed by atoms with E-state index in [1.165, 1.54) is 32.1 Å². The van der Waals surface area contributed by atoms with E-state index in [1.54, 1.807) is 11.3 Å². The molecule has 0 aromatic carbocycles. The molecule has 1 aromatic rings. The van der Waals surface area contributed by atoms with Gasteiger partial charge in [-0.3, -0.25) is 4.79 Å². The van der Waals surface area contributed by atoms with Crippen molar-refractivity contribution in [2.24, 2.45) is 5.41 Å². The number of thiazole rings is 1. The molecule has 4 nitrogen and oxygen atoms in total. The summed E-state index contributed by atoms with van der Waals surface area (Å²) in [6, 6.07) is 0. The number of aliphatic carboxylic acids is 1. The quantitative estimate of drug-likeness (QED) is 0.921. The van der Waals surface area contributed by atoms with E-state index in [4.69, 9.17) is 5.11 Å². The van der Waals surface area contributed by atoms with Crippen LogP contribution in [-0.2, 0) is 11.2 Å². The molecule has 1 N–H and O–H groups in total. The molecule has 1 spiro atoms. The van der Waals surface area contributed by atoms with Crippen LogP contribution in [0.3, 0.4) is 0 Å². The lowest BCUT2D eigenvalue weighted by atomic mass is 9.86. The van der Waals surface area contributed by atoms with Crippen LogP contribution in [0.15, 0.2) is 5.38 Å². The molecular formula is C14H20N2O2S. The van der Waals surface area contributed by atoms with E-state index in [0.717, 1.165) is 23.9 Å². The number of anilines is 1. The predicted molar refractivity (Wildman–Crippen MR) is 75.8 cm³/mol. The molecule has 1 aliphatic carbocycles.